The van der Waals surface area contributed by atoms with Crippen LogP contribution >= 0.6 is 11.6 Å². The molecular formula is C29H27ClF3N5O4. The van der Waals surface area contributed by atoms with Crippen molar-refractivity contribution in [1.82, 2.24) is 14.9 Å². The van der Waals surface area contributed by atoms with Crippen molar-refractivity contribution in [2.24, 2.45) is 5.73 Å². The van der Waals surface area contributed by atoms with Gasteiger partial charge in [-0.3, -0.25) is 9.59 Å². The number of carbonyl (C=O) groups excluding carboxylic acids is 2. The number of hydrogen-bond donors (Lipinski definition) is 1. The molecule has 0 spiro atoms. The van der Waals surface area contributed by atoms with Gasteiger partial charge in [-0.15, -0.1) is 0 Å². The number of hydrogen-bond acceptors (Lipinski definition) is 7. The summed E-state index contributed by atoms with van der Waals surface area (Å²) in [5.41, 5.74) is 5.76. The van der Waals surface area contributed by atoms with Crippen LogP contribution in [0.3, 0.4) is 0 Å². The van der Waals surface area contributed by atoms with E-state index in [2.05, 4.69) is 9.97 Å². The van der Waals surface area contributed by atoms with Crippen LogP contribution in [0, 0.1) is 0 Å². The summed E-state index contributed by atoms with van der Waals surface area (Å²) in [6.45, 7) is 5.28. The number of alkyl halides is 3. The number of nitrogens with zero attached hydrogens (tertiary/aromatic N) is 4. The maximum Gasteiger partial charge on any atom is 0.433 e. The molecule has 5 rings (SSSR count). The molecule has 2 amide bonds. The number of benzene rings is 2. The van der Waals surface area contributed by atoms with Gasteiger partial charge in [-0.2, -0.15) is 13.2 Å². The number of piperazine rings is 1. The Morgan fingerprint density at radius 1 is 1.07 bits per heavy atom. The molecule has 1 fully saturated rings. The van der Waals surface area contributed by atoms with E-state index < -0.39 is 23.8 Å². The fourth-order valence-corrected chi connectivity index (χ4v) is 4.95. The molecule has 42 heavy (non-hydrogen) atoms. The van der Waals surface area contributed by atoms with Gasteiger partial charge in [0, 0.05) is 24.0 Å². The largest absolute Gasteiger partial charge is 0.489 e. The smallest absolute Gasteiger partial charge is 0.433 e. The Morgan fingerprint density at radius 2 is 1.81 bits per heavy atom. The van der Waals surface area contributed by atoms with E-state index >= 15 is 0 Å². The molecule has 1 aliphatic heterocycles. The third-order valence-electron chi connectivity index (χ3n) is 6.62. The molecule has 0 saturated carbocycles. The van der Waals surface area contributed by atoms with Crippen molar-refractivity contribution in [2.75, 3.05) is 24.5 Å². The molecule has 1 aliphatic rings. The zero-order valence-corrected chi connectivity index (χ0v) is 23.7. The number of oxazole rings is 1. The third kappa shape index (κ3) is 5.64. The summed E-state index contributed by atoms with van der Waals surface area (Å²) < 4.78 is 52.1. The second kappa shape index (κ2) is 11.3. The number of amides is 2. The molecule has 13 heteroatoms. The highest BCUT2D eigenvalue weighted by Gasteiger charge is 2.35. The molecule has 0 bridgehead atoms. The van der Waals surface area contributed by atoms with E-state index in [9.17, 15) is 22.8 Å². The minimum absolute atomic E-state index is 0.0330. The molecule has 2 aromatic heterocycles. The number of halogens is 4. The minimum Gasteiger partial charge on any atom is -0.489 e. The highest BCUT2D eigenvalue weighted by atomic mass is 35.5. The third-order valence-corrected chi connectivity index (χ3v) is 6.94. The normalized spacial score (nSPS) is 15.0. The molecule has 2 aromatic carbocycles. The van der Waals surface area contributed by atoms with Crippen molar-refractivity contribution >= 4 is 40.0 Å². The van der Waals surface area contributed by atoms with Crippen molar-refractivity contribution in [3.8, 4) is 17.2 Å². The first-order valence-corrected chi connectivity index (χ1v) is 13.5. The van der Waals surface area contributed by atoms with Crippen LogP contribution in [-0.2, 0) is 11.0 Å². The molecular weight excluding hydrogens is 575 g/mol. The van der Waals surface area contributed by atoms with Gasteiger partial charge < -0.3 is 24.7 Å². The van der Waals surface area contributed by atoms with Gasteiger partial charge in [0.25, 0.3) is 5.91 Å². The standard InChI is InChI=1S/C29H27ClF3N5O4/c1-15(2)41-21-10-8-18(17-9-11-22(29(31,32)33)35-24(17)21)27-36-25(26(42-27)16(3)34)28(40)37-12-13-38(23(39)14-37)20-7-5-4-6-19(20)30/h4-11,15-16H,12-14,34H2,1-3H3/t16-/m0/s1. The molecule has 4 aromatic rings. The molecule has 1 saturated heterocycles. The van der Waals surface area contributed by atoms with Gasteiger partial charge in [0.15, 0.2) is 11.5 Å². The first-order valence-electron chi connectivity index (χ1n) is 13.1. The number of aromatic nitrogens is 2. The van der Waals surface area contributed by atoms with Gasteiger partial charge in [-0.1, -0.05) is 23.7 Å². The maximum atomic E-state index is 13.6. The Kier molecular flexibility index (Phi) is 7.86. The monoisotopic (exact) mass is 601 g/mol. The Hall–Kier alpha value is -4.16. The fraction of sp³-hybridized carbons (Fsp3) is 0.310. The lowest BCUT2D eigenvalue weighted by atomic mass is 10.1. The second-order valence-electron chi connectivity index (χ2n) is 10.1. The SMILES string of the molecule is CC(C)Oc1ccc(-c2nc(C(=O)N3CCN(c4ccccc4Cl)C(=O)C3)c([C@H](C)N)o2)c2ccc(C(F)(F)F)nc12. The van der Waals surface area contributed by atoms with E-state index in [1.54, 1.807) is 51.1 Å². The van der Waals surface area contributed by atoms with Crippen molar-refractivity contribution < 1.29 is 31.9 Å². The van der Waals surface area contributed by atoms with Crippen LogP contribution in [0.25, 0.3) is 22.4 Å². The van der Waals surface area contributed by atoms with Gasteiger partial charge in [0.05, 0.1) is 22.9 Å². The van der Waals surface area contributed by atoms with Gasteiger partial charge in [-0.05, 0) is 57.2 Å². The lowest BCUT2D eigenvalue weighted by Gasteiger charge is -2.34. The number of carbonyl (C=O) groups is 2. The van der Waals surface area contributed by atoms with Gasteiger partial charge >= 0.3 is 6.18 Å². The Bertz CT molecular complexity index is 1670. The number of pyridine rings is 1. The van der Waals surface area contributed by atoms with E-state index in [1.807, 2.05) is 0 Å². The van der Waals surface area contributed by atoms with Crippen LogP contribution < -0.4 is 15.4 Å². The summed E-state index contributed by atoms with van der Waals surface area (Å²) in [6, 6.07) is 11.3. The zero-order valence-electron chi connectivity index (χ0n) is 22.9. The molecule has 9 nitrogen and oxygen atoms in total. The summed E-state index contributed by atoms with van der Waals surface area (Å²) in [6.07, 6.45) is -5.00. The van der Waals surface area contributed by atoms with Crippen LogP contribution in [0.5, 0.6) is 5.75 Å². The number of para-hydroxylation sites is 1. The first-order chi connectivity index (χ1) is 19.8. The lowest BCUT2D eigenvalue weighted by Crippen LogP contribution is -2.52. The summed E-state index contributed by atoms with van der Waals surface area (Å²) in [7, 11) is 0. The number of fused-ring (bicyclic) bond motifs is 1. The van der Waals surface area contributed by atoms with E-state index in [0.717, 1.165) is 6.07 Å². The van der Waals surface area contributed by atoms with Gasteiger partial charge in [0.2, 0.25) is 11.8 Å². The van der Waals surface area contributed by atoms with Gasteiger partial charge in [0.1, 0.15) is 23.5 Å². The van der Waals surface area contributed by atoms with Crippen molar-refractivity contribution in [2.45, 2.75) is 39.1 Å². The number of anilines is 1. The van der Waals surface area contributed by atoms with E-state index in [4.69, 9.17) is 26.5 Å². The summed E-state index contributed by atoms with van der Waals surface area (Å²) in [5.74, 6) is -0.695. The molecule has 220 valence electrons. The molecule has 0 aliphatic carbocycles. The van der Waals surface area contributed by atoms with Crippen molar-refractivity contribution in [3.63, 3.8) is 0 Å². The van der Waals surface area contributed by atoms with Crippen LogP contribution in [0.15, 0.2) is 52.9 Å². The Balaban J connectivity index is 1.51. The highest BCUT2D eigenvalue weighted by molar-refractivity contribution is 6.33. The number of ether oxygens (including phenoxy) is 1. The summed E-state index contributed by atoms with van der Waals surface area (Å²) in [5, 5.41) is 0.695. The Morgan fingerprint density at radius 3 is 2.45 bits per heavy atom. The molecule has 1 atom stereocenters. The number of rotatable bonds is 6. The molecule has 2 N–H and O–H groups in total. The first kappa shape index (κ1) is 29.3. The van der Waals surface area contributed by atoms with Crippen LogP contribution in [0.2, 0.25) is 5.02 Å². The number of nitrogens with two attached hydrogens (primary N) is 1. The fourth-order valence-electron chi connectivity index (χ4n) is 4.72. The quantitative estimate of drug-likeness (QED) is 0.294. The van der Waals surface area contributed by atoms with E-state index in [1.165, 1.54) is 21.9 Å². The van der Waals surface area contributed by atoms with Crippen LogP contribution in [0.4, 0.5) is 18.9 Å². The van der Waals surface area contributed by atoms with Crippen molar-refractivity contribution in [1.29, 1.82) is 0 Å². The van der Waals surface area contributed by atoms with E-state index in [-0.39, 0.29) is 65.6 Å². The summed E-state index contributed by atoms with van der Waals surface area (Å²) in [4.78, 5) is 37.7. The Labute approximate surface area is 244 Å². The average Bonchev–Trinajstić information content (AvgIpc) is 3.38. The topological polar surface area (TPSA) is 115 Å². The van der Waals surface area contributed by atoms with Crippen LogP contribution in [0.1, 0.15) is 48.8 Å². The lowest BCUT2D eigenvalue weighted by molar-refractivity contribution is -0.141. The second-order valence-corrected chi connectivity index (χ2v) is 10.5. The predicted octanol–water partition coefficient (Wildman–Crippen LogP) is 5.86. The molecule has 0 radical (unpaired) electrons. The maximum absolute atomic E-state index is 13.6. The summed E-state index contributed by atoms with van der Waals surface area (Å²) >= 11 is 6.26. The zero-order chi connectivity index (χ0) is 30.3. The highest BCUT2D eigenvalue weighted by Crippen LogP contribution is 2.38. The van der Waals surface area contributed by atoms with E-state index in [0.29, 0.717) is 16.3 Å². The van der Waals surface area contributed by atoms with Crippen LogP contribution in [-0.4, -0.2) is 52.4 Å². The average molecular weight is 602 g/mol. The minimum atomic E-state index is -4.67. The van der Waals surface area contributed by atoms with Gasteiger partial charge in [-0.25, -0.2) is 9.97 Å². The van der Waals surface area contributed by atoms with Crippen molar-refractivity contribution in [3.05, 3.63) is 70.7 Å². The molecule has 0 unspecified atom stereocenters. The molecule has 3 heterocycles. The predicted molar refractivity (Wildman–Crippen MR) is 150 cm³/mol.